The number of hydrogen-bond donors (Lipinski definition) is 1. The van der Waals surface area contributed by atoms with E-state index < -0.39 is 0 Å². The van der Waals surface area contributed by atoms with Crippen LogP contribution in [0.15, 0.2) is 34.7 Å². The molecule has 0 saturated heterocycles. The minimum absolute atomic E-state index is 0.0331. The van der Waals surface area contributed by atoms with Gasteiger partial charge in [-0.25, -0.2) is 0 Å². The Bertz CT molecular complexity index is 675. The van der Waals surface area contributed by atoms with Crippen molar-refractivity contribution in [2.75, 3.05) is 7.11 Å². The molecule has 0 aliphatic rings. The minimum Gasteiger partial charge on any atom is -0.493 e. The van der Waals surface area contributed by atoms with Gasteiger partial charge in [0.05, 0.1) is 19.3 Å². The van der Waals surface area contributed by atoms with E-state index >= 15 is 0 Å². The number of aryl methyl sites for hydroxylation is 1. The topological polar surface area (TPSA) is 60.7 Å². The van der Waals surface area contributed by atoms with E-state index in [1.807, 2.05) is 39.8 Å². The molecule has 0 aliphatic carbocycles. The summed E-state index contributed by atoms with van der Waals surface area (Å²) < 4.78 is 16.5. The second-order valence-corrected chi connectivity index (χ2v) is 5.68. The average Bonchev–Trinajstić information content (AvgIpc) is 2.93. The van der Waals surface area contributed by atoms with Crippen molar-refractivity contribution in [3.8, 4) is 11.5 Å². The highest BCUT2D eigenvalue weighted by Crippen LogP contribution is 2.29. The fraction of sp³-hybridized carbons (Fsp3) is 0.389. The van der Waals surface area contributed by atoms with Crippen LogP contribution in [-0.2, 0) is 0 Å². The van der Waals surface area contributed by atoms with Gasteiger partial charge in [0.2, 0.25) is 0 Å². The lowest BCUT2D eigenvalue weighted by atomic mass is 10.1. The highest BCUT2D eigenvalue weighted by Gasteiger charge is 2.16. The minimum atomic E-state index is -0.214. The second-order valence-electron chi connectivity index (χ2n) is 5.68. The summed E-state index contributed by atoms with van der Waals surface area (Å²) in [5.41, 5.74) is 0.507. The van der Waals surface area contributed by atoms with Crippen molar-refractivity contribution < 1.29 is 18.7 Å². The molecule has 23 heavy (non-hydrogen) atoms. The number of nitrogens with one attached hydrogen (secondary N) is 1. The molecule has 0 radical (unpaired) electrons. The molecule has 1 aromatic carbocycles. The Kier molecular flexibility index (Phi) is 5.32. The first kappa shape index (κ1) is 16.9. The summed E-state index contributed by atoms with van der Waals surface area (Å²) in [6.07, 6.45) is 0.0331. The molecule has 0 fully saturated rings. The Labute approximate surface area is 136 Å². The number of carbonyl (C=O) groups excluding carboxylic acids is 1. The zero-order valence-electron chi connectivity index (χ0n) is 14.2. The third-order valence-electron chi connectivity index (χ3n) is 3.32. The summed E-state index contributed by atoms with van der Waals surface area (Å²) >= 11 is 0. The SMILES string of the molecule is COc1cc(C(=O)NC(C)c2ccc(C)o2)ccc1OC(C)C. The van der Waals surface area contributed by atoms with Gasteiger partial charge in [0, 0.05) is 5.56 Å². The summed E-state index contributed by atoms with van der Waals surface area (Å²) in [5, 5.41) is 2.91. The molecule has 5 nitrogen and oxygen atoms in total. The zero-order chi connectivity index (χ0) is 17.0. The first-order valence-electron chi connectivity index (χ1n) is 7.62. The molecular weight excluding hydrogens is 294 g/mol. The standard InChI is InChI=1S/C18H23NO4/c1-11(2)22-16-9-7-14(10-17(16)21-5)18(20)19-13(4)15-8-6-12(3)23-15/h6-11,13H,1-5H3,(H,19,20). The normalized spacial score (nSPS) is 12.1. The van der Waals surface area contributed by atoms with Gasteiger partial charge < -0.3 is 19.2 Å². The van der Waals surface area contributed by atoms with Gasteiger partial charge in [-0.3, -0.25) is 4.79 Å². The number of hydrogen-bond acceptors (Lipinski definition) is 4. The monoisotopic (exact) mass is 317 g/mol. The summed E-state index contributed by atoms with van der Waals surface area (Å²) in [5.74, 6) is 2.50. The van der Waals surface area contributed by atoms with Crippen molar-refractivity contribution in [3.63, 3.8) is 0 Å². The van der Waals surface area contributed by atoms with Gasteiger partial charge in [-0.2, -0.15) is 0 Å². The molecule has 2 aromatic rings. The zero-order valence-corrected chi connectivity index (χ0v) is 14.2. The van der Waals surface area contributed by atoms with Crippen LogP contribution in [-0.4, -0.2) is 19.1 Å². The summed E-state index contributed by atoms with van der Waals surface area (Å²) in [6.45, 7) is 7.63. The Morgan fingerprint density at radius 3 is 2.43 bits per heavy atom. The highest BCUT2D eigenvalue weighted by atomic mass is 16.5. The van der Waals surface area contributed by atoms with E-state index in [0.717, 1.165) is 11.5 Å². The van der Waals surface area contributed by atoms with E-state index in [2.05, 4.69) is 5.32 Å². The lowest BCUT2D eigenvalue weighted by molar-refractivity contribution is 0.0934. The van der Waals surface area contributed by atoms with Crippen LogP contribution >= 0.6 is 0 Å². The van der Waals surface area contributed by atoms with Gasteiger partial charge in [-0.05, 0) is 58.0 Å². The van der Waals surface area contributed by atoms with E-state index in [1.54, 1.807) is 25.3 Å². The van der Waals surface area contributed by atoms with Gasteiger partial charge >= 0.3 is 0 Å². The molecule has 0 aliphatic heterocycles. The van der Waals surface area contributed by atoms with Crippen molar-refractivity contribution in [2.24, 2.45) is 0 Å². The molecule has 124 valence electrons. The van der Waals surface area contributed by atoms with E-state index in [9.17, 15) is 4.79 Å². The van der Waals surface area contributed by atoms with Crippen molar-refractivity contribution in [3.05, 3.63) is 47.4 Å². The van der Waals surface area contributed by atoms with Gasteiger partial charge in [-0.15, -0.1) is 0 Å². The molecule has 1 unspecified atom stereocenters. The van der Waals surface area contributed by atoms with Crippen molar-refractivity contribution in [1.29, 1.82) is 0 Å². The van der Waals surface area contributed by atoms with Crippen LogP contribution in [0.3, 0.4) is 0 Å². The van der Waals surface area contributed by atoms with Crippen LogP contribution in [0, 0.1) is 6.92 Å². The predicted molar refractivity (Wildman–Crippen MR) is 88.1 cm³/mol. The molecule has 0 spiro atoms. The first-order chi connectivity index (χ1) is 10.9. The molecule has 0 saturated carbocycles. The smallest absolute Gasteiger partial charge is 0.252 e. The molecule has 1 heterocycles. The van der Waals surface area contributed by atoms with Gasteiger partial charge in [0.1, 0.15) is 11.5 Å². The van der Waals surface area contributed by atoms with E-state index in [4.69, 9.17) is 13.9 Å². The summed E-state index contributed by atoms with van der Waals surface area (Å²) in [7, 11) is 1.55. The third kappa shape index (κ3) is 4.28. The lowest BCUT2D eigenvalue weighted by Gasteiger charge is -2.15. The Morgan fingerprint density at radius 1 is 1.13 bits per heavy atom. The molecule has 0 bridgehead atoms. The maximum Gasteiger partial charge on any atom is 0.252 e. The Hall–Kier alpha value is -2.43. The third-order valence-corrected chi connectivity index (χ3v) is 3.32. The fourth-order valence-electron chi connectivity index (χ4n) is 2.20. The molecule has 2 rings (SSSR count). The van der Waals surface area contributed by atoms with E-state index in [-0.39, 0.29) is 18.1 Å². The van der Waals surface area contributed by atoms with Gasteiger partial charge in [-0.1, -0.05) is 0 Å². The maximum atomic E-state index is 12.4. The Morgan fingerprint density at radius 2 is 1.87 bits per heavy atom. The fourth-order valence-corrected chi connectivity index (χ4v) is 2.20. The molecule has 1 amide bonds. The number of furan rings is 1. The second kappa shape index (κ2) is 7.22. The molecular formula is C18H23NO4. The number of ether oxygens (including phenoxy) is 2. The summed E-state index contributed by atoms with van der Waals surface area (Å²) in [6, 6.07) is 8.66. The van der Waals surface area contributed by atoms with Crippen molar-refractivity contribution >= 4 is 5.91 Å². The summed E-state index contributed by atoms with van der Waals surface area (Å²) in [4.78, 5) is 12.4. The molecule has 5 heteroatoms. The van der Waals surface area contributed by atoms with Crippen LogP contribution < -0.4 is 14.8 Å². The van der Waals surface area contributed by atoms with Crippen LogP contribution in [0.25, 0.3) is 0 Å². The van der Waals surface area contributed by atoms with Crippen molar-refractivity contribution in [2.45, 2.75) is 39.8 Å². The average molecular weight is 317 g/mol. The molecule has 1 atom stereocenters. The van der Waals surface area contributed by atoms with Crippen LogP contribution in [0.4, 0.5) is 0 Å². The van der Waals surface area contributed by atoms with E-state index in [0.29, 0.717) is 17.1 Å². The Balaban J connectivity index is 2.12. The van der Waals surface area contributed by atoms with Crippen LogP contribution in [0.5, 0.6) is 11.5 Å². The predicted octanol–water partition coefficient (Wildman–Crippen LogP) is 3.87. The van der Waals surface area contributed by atoms with Crippen LogP contribution in [0.1, 0.15) is 48.7 Å². The highest BCUT2D eigenvalue weighted by molar-refractivity contribution is 5.95. The molecule has 1 N–H and O–H groups in total. The molecule has 1 aromatic heterocycles. The number of rotatable bonds is 6. The number of carbonyl (C=O) groups is 1. The van der Waals surface area contributed by atoms with Crippen LogP contribution in [0.2, 0.25) is 0 Å². The van der Waals surface area contributed by atoms with Gasteiger partial charge in [0.25, 0.3) is 5.91 Å². The number of amides is 1. The number of methoxy groups -OCH3 is 1. The van der Waals surface area contributed by atoms with E-state index in [1.165, 1.54) is 0 Å². The quantitative estimate of drug-likeness (QED) is 0.878. The largest absolute Gasteiger partial charge is 0.493 e. The van der Waals surface area contributed by atoms with Gasteiger partial charge in [0.15, 0.2) is 11.5 Å². The number of benzene rings is 1. The maximum absolute atomic E-state index is 12.4. The van der Waals surface area contributed by atoms with Crippen molar-refractivity contribution in [1.82, 2.24) is 5.32 Å². The first-order valence-corrected chi connectivity index (χ1v) is 7.62. The lowest BCUT2D eigenvalue weighted by Crippen LogP contribution is -2.26.